The van der Waals surface area contributed by atoms with E-state index < -0.39 is 0 Å². The standard InChI is InChI=1S/C18H27NO2/c1-13-10-17(11-14(2)20-13)21-18(12-19-16-8-9-16)15-6-4-3-5-7-15/h3-7,13-14,16-19H,8-12H2,1-2H3. The van der Waals surface area contributed by atoms with Crippen LogP contribution in [0.4, 0.5) is 0 Å². The van der Waals surface area contributed by atoms with Crippen molar-refractivity contribution in [3.8, 4) is 0 Å². The SMILES string of the molecule is CC1CC(OC(CNC2CC2)c2ccccc2)CC(C)O1. The number of ether oxygens (including phenoxy) is 2. The first-order chi connectivity index (χ1) is 10.2. The molecule has 1 saturated heterocycles. The largest absolute Gasteiger partial charge is 0.375 e. The van der Waals surface area contributed by atoms with Crippen molar-refractivity contribution in [2.24, 2.45) is 0 Å². The Morgan fingerprint density at radius 3 is 2.43 bits per heavy atom. The van der Waals surface area contributed by atoms with Gasteiger partial charge in [0.15, 0.2) is 0 Å². The predicted octanol–water partition coefficient (Wildman–Crippen LogP) is 3.45. The fourth-order valence-corrected chi connectivity index (χ4v) is 3.16. The van der Waals surface area contributed by atoms with Gasteiger partial charge in [0, 0.05) is 12.6 Å². The summed E-state index contributed by atoms with van der Waals surface area (Å²) in [4.78, 5) is 0. The zero-order valence-corrected chi connectivity index (χ0v) is 13.1. The molecule has 0 amide bonds. The number of rotatable bonds is 6. The first kappa shape index (κ1) is 15.0. The highest BCUT2D eigenvalue weighted by Crippen LogP contribution is 2.28. The van der Waals surface area contributed by atoms with Crippen LogP contribution in [0.15, 0.2) is 30.3 Å². The molecule has 0 aromatic heterocycles. The highest BCUT2D eigenvalue weighted by molar-refractivity contribution is 5.18. The molecule has 3 unspecified atom stereocenters. The maximum Gasteiger partial charge on any atom is 0.0953 e. The molecule has 3 atom stereocenters. The van der Waals surface area contributed by atoms with Crippen molar-refractivity contribution in [3.63, 3.8) is 0 Å². The molecule has 116 valence electrons. The van der Waals surface area contributed by atoms with Crippen LogP contribution >= 0.6 is 0 Å². The van der Waals surface area contributed by atoms with Crippen LogP contribution in [0, 0.1) is 0 Å². The maximum absolute atomic E-state index is 6.45. The third-order valence-electron chi connectivity index (χ3n) is 4.35. The first-order valence-corrected chi connectivity index (χ1v) is 8.30. The van der Waals surface area contributed by atoms with Crippen LogP contribution in [0.1, 0.15) is 51.2 Å². The molecule has 1 aromatic carbocycles. The number of hydrogen-bond acceptors (Lipinski definition) is 3. The van der Waals surface area contributed by atoms with Gasteiger partial charge in [-0.05, 0) is 45.1 Å². The Morgan fingerprint density at radius 2 is 1.81 bits per heavy atom. The molecule has 3 heteroatoms. The van der Waals surface area contributed by atoms with Crippen LogP contribution in [-0.2, 0) is 9.47 Å². The molecular weight excluding hydrogens is 262 g/mol. The van der Waals surface area contributed by atoms with E-state index in [0.717, 1.165) is 19.4 Å². The van der Waals surface area contributed by atoms with Crippen LogP contribution in [-0.4, -0.2) is 30.9 Å². The van der Waals surface area contributed by atoms with Crippen LogP contribution in [0.2, 0.25) is 0 Å². The van der Waals surface area contributed by atoms with E-state index in [1.54, 1.807) is 0 Å². The molecule has 2 aliphatic rings. The van der Waals surface area contributed by atoms with E-state index in [9.17, 15) is 0 Å². The molecule has 1 N–H and O–H groups in total. The van der Waals surface area contributed by atoms with Gasteiger partial charge in [-0.25, -0.2) is 0 Å². The fraction of sp³-hybridized carbons (Fsp3) is 0.667. The van der Waals surface area contributed by atoms with Gasteiger partial charge in [-0.1, -0.05) is 30.3 Å². The Morgan fingerprint density at radius 1 is 1.14 bits per heavy atom. The van der Waals surface area contributed by atoms with E-state index in [1.165, 1.54) is 18.4 Å². The summed E-state index contributed by atoms with van der Waals surface area (Å²) >= 11 is 0. The summed E-state index contributed by atoms with van der Waals surface area (Å²) < 4.78 is 12.3. The molecule has 0 bridgehead atoms. The lowest BCUT2D eigenvalue weighted by Crippen LogP contribution is -2.36. The van der Waals surface area contributed by atoms with Crippen molar-refractivity contribution in [2.45, 2.75) is 70.0 Å². The summed E-state index contributed by atoms with van der Waals surface area (Å²) in [6.45, 7) is 5.20. The fourth-order valence-electron chi connectivity index (χ4n) is 3.16. The van der Waals surface area contributed by atoms with E-state index in [2.05, 4.69) is 49.5 Å². The van der Waals surface area contributed by atoms with Gasteiger partial charge in [0.25, 0.3) is 0 Å². The lowest BCUT2D eigenvalue weighted by molar-refractivity contribution is -0.122. The molecule has 1 aliphatic carbocycles. The monoisotopic (exact) mass is 289 g/mol. The second-order valence-corrected chi connectivity index (χ2v) is 6.57. The quantitative estimate of drug-likeness (QED) is 0.870. The molecule has 0 radical (unpaired) electrons. The minimum atomic E-state index is 0.147. The van der Waals surface area contributed by atoms with Gasteiger partial charge in [0.05, 0.1) is 24.4 Å². The van der Waals surface area contributed by atoms with Crippen molar-refractivity contribution in [3.05, 3.63) is 35.9 Å². The van der Waals surface area contributed by atoms with Gasteiger partial charge in [-0.15, -0.1) is 0 Å². The third-order valence-corrected chi connectivity index (χ3v) is 4.35. The topological polar surface area (TPSA) is 30.5 Å². The summed E-state index contributed by atoms with van der Waals surface area (Å²) in [7, 11) is 0. The Balaban J connectivity index is 1.63. The summed E-state index contributed by atoms with van der Waals surface area (Å²) in [6.07, 6.45) is 5.66. The zero-order valence-electron chi connectivity index (χ0n) is 13.1. The van der Waals surface area contributed by atoms with Crippen LogP contribution in [0.25, 0.3) is 0 Å². The second kappa shape index (κ2) is 6.91. The molecule has 0 spiro atoms. The Bertz CT molecular complexity index is 422. The minimum absolute atomic E-state index is 0.147. The minimum Gasteiger partial charge on any atom is -0.375 e. The average Bonchev–Trinajstić information content (AvgIpc) is 3.27. The smallest absolute Gasteiger partial charge is 0.0953 e. The number of benzene rings is 1. The van der Waals surface area contributed by atoms with Gasteiger partial charge in [0.1, 0.15) is 0 Å². The molecule has 1 aliphatic heterocycles. The lowest BCUT2D eigenvalue weighted by atomic mass is 10.0. The number of hydrogen-bond donors (Lipinski definition) is 1. The molecule has 1 heterocycles. The van der Waals surface area contributed by atoms with Gasteiger partial charge in [0.2, 0.25) is 0 Å². The van der Waals surface area contributed by atoms with Gasteiger partial charge < -0.3 is 14.8 Å². The van der Waals surface area contributed by atoms with Crippen molar-refractivity contribution in [1.29, 1.82) is 0 Å². The first-order valence-electron chi connectivity index (χ1n) is 8.30. The molecule has 1 saturated carbocycles. The van der Waals surface area contributed by atoms with E-state index in [4.69, 9.17) is 9.47 Å². The molecule has 3 nitrogen and oxygen atoms in total. The van der Waals surface area contributed by atoms with Crippen LogP contribution in [0.5, 0.6) is 0 Å². The maximum atomic E-state index is 6.45. The summed E-state index contributed by atoms with van der Waals surface area (Å²) in [5.41, 5.74) is 1.28. The number of nitrogens with one attached hydrogen (secondary N) is 1. The van der Waals surface area contributed by atoms with Crippen molar-refractivity contribution in [2.75, 3.05) is 6.54 Å². The molecule has 21 heavy (non-hydrogen) atoms. The molecule has 2 fully saturated rings. The summed E-state index contributed by atoms with van der Waals surface area (Å²) in [5.74, 6) is 0. The van der Waals surface area contributed by atoms with E-state index >= 15 is 0 Å². The Kier molecular flexibility index (Phi) is 4.94. The van der Waals surface area contributed by atoms with Crippen LogP contribution < -0.4 is 5.32 Å². The van der Waals surface area contributed by atoms with E-state index in [1.807, 2.05) is 0 Å². The summed E-state index contributed by atoms with van der Waals surface area (Å²) in [5, 5.41) is 3.61. The van der Waals surface area contributed by atoms with E-state index in [0.29, 0.717) is 24.4 Å². The van der Waals surface area contributed by atoms with Crippen LogP contribution in [0.3, 0.4) is 0 Å². The Labute approximate surface area is 128 Å². The highest BCUT2D eigenvalue weighted by Gasteiger charge is 2.29. The van der Waals surface area contributed by atoms with Crippen molar-refractivity contribution < 1.29 is 9.47 Å². The van der Waals surface area contributed by atoms with Crippen molar-refractivity contribution >= 4 is 0 Å². The third kappa shape index (κ3) is 4.53. The lowest BCUT2D eigenvalue weighted by Gasteiger charge is -2.34. The zero-order chi connectivity index (χ0) is 14.7. The molecule has 1 aromatic rings. The summed E-state index contributed by atoms with van der Waals surface area (Å²) in [6, 6.07) is 11.3. The normalized spacial score (nSPS) is 31.0. The van der Waals surface area contributed by atoms with Gasteiger partial charge >= 0.3 is 0 Å². The van der Waals surface area contributed by atoms with Gasteiger partial charge in [-0.2, -0.15) is 0 Å². The average molecular weight is 289 g/mol. The van der Waals surface area contributed by atoms with Gasteiger partial charge in [-0.3, -0.25) is 0 Å². The van der Waals surface area contributed by atoms with E-state index in [-0.39, 0.29) is 6.10 Å². The molecule has 3 rings (SSSR count). The predicted molar refractivity (Wildman–Crippen MR) is 84.3 cm³/mol. The Hall–Kier alpha value is -0.900. The highest BCUT2D eigenvalue weighted by atomic mass is 16.5. The van der Waals surface area contributed by atoms with Crippen molar-refractivity contribution in [1.82, 2.24) is 5.32 Å². The molecular formula is C18H27NO2. The second-order valence-electron chi connectivity index (χ2n) is 6.57.